The minimum atomic E-state index is -0.817. The van der Waals surface area contributed by atoms with Crippen molar-refractivity contribution in [3.05, 3.63) is 134 Å². The Morgan fingerprint density at radius 2 is 0.641 bits per heavy atom. The van der Waals surface area contributed by atoms with E-state index in [-0.39, 0.29) is 37.5 Å². The molecule has 0 fully saturated rings. The van der Waals surface area contributed by atoms with Crippen molar-refractivity contribution in [1.82, 2.24) is 0 Å². The van der Waals surface area contributed by atoms with E-state index in [1.807, 2.05) is 6.08 Å². The molecule has 358 valence electrons. The van der Waals surface area contributed by atoms with Crippen molar-refractivity contribution >= 4 is 17.9 Å². The summed E-state index contributed by atoms with van der Waals surface area (Å²) in [6.07, 6.45) is 71.5. The van der Waals surface area contributed by atoms with Crippen LogP contribution < -0.4 is 0 Å². The van der Waals surface area contributed by atoms with Crippen LogP contribution in [0.15, 0.2) is 134 Å². The molecule has 0 saturated carbocycles. The molecule has 1 atom stereocenters. The third kappa shape index (κ3) is 48.6. The maximum atomic E-state index is 12.8. The average Bonchev–Trinajstić information content (AvgIpc) is 3.29. The van der Waals surface area contributed by atoms with Crippen LogP contribution in [0.25, 0.3) is 0 Å². The molecule has 0 aliphatic heterocycles. The van der Waals surface area contributed by atoms with E-state index in [1.165, 1.54) is 0 Å². The van der Waals surface area contributed by atoms with Gasteiger partial charge in [0.25, 0.3) is 0 Å². The van der Waals surface area contributed by atoms with Crippen LogP contribution in [0.2, 0.25) is 0 Å². The fourth-order valence-electron chi connectivity index (χ4n) is 6.25. The summed E-state index contributed by atoms with van der Waals surface area (Å²) < 4.78 is 16.7. The summed E-state index contributed by atoms with van der Waals surface area (Å²) in [5, 5.41) is 0. The Hall–Kier alpha value is -4.45. The molecular weight excluding hydrogens is 793 g/mol. The van der Waals surface area contributed by atoms with Gasteiger partial charge in [-0.2, -0.15) is 0 Å². The highest BCUT2D eigenvalue weighted by Gasteiger charge is 2.19. The van der Waals surface area contributed by atoms with Crippen molar-refractivity contribution in [2.75, 3.05) is 13.2 Å². The maximum Gasteiger partial charge on any atom is 0.306 e. The molecule has 0 heterocycles. The number of hydrogen-bond donors (Lipinski definition) is 0. The number of esters is 3. The number of unbranched alkanes of at least 4 members (excludes halogenated alkanes) is 12. The fourth-order valence-corrected chi connectivity index (χ4v) is 6.25. The molecule has 0 N–H and O–H groups in total. The van der Waals surface area contributed by atoms with Gasteiger partial charge in [0.1, 0.15) is 13.2 Å². The highest BCUT2D eigenvalue weighted by Crippen LogP contribution is 2.12. The minimum absolute atomic E-state index is 0.114. The van der Waals surface area contributed by atoms with E-state index in [1.54, 1.807) is 0 Å². The molecule has 0 rings (SSSR count). The SMILES string of the molecule is CC/C=C/C=C/C=C/CCCCCCCC(=O)OCC(COC(=O)CCCCC/C=C/C/C=C/C/C=C/C/C=C/C/C=C/CC)OC(=O)CCCCCC/C=C/C/C=C/C/C=C/CC. The Morgan fingerprint density at radius 3 is 1.06 bits per heavy atom. The van der Waals surface area contributed by atoms with Crippen LogP contribution in [0.1, 0.15) is 194 Å². The van der Waals surface area contributed by atoms with Crippen LogP contribution in [-0.2, 0) is 28.6 Å². The van der Waals surface area contributed by atoms with Crippen molar-refractivity contribution in [1.29, 1.82) is 0 Å². The molecule has 64 heavy (non-hydrogen) atoms. The highest BCUT2D eigenvalue weighted by molar-refractivity contribution is 5.71. The smallest absolute Gasteiger partial charge is 0.306 e. The molecular formula is C58H90O6. The van der Waals surface area contributed by atoms with Gasteiger partial charge in [-0.25, -0.2) is 0 Å². The summed E-state index contributed by atoms with van der Waals surface area (Å²) >= 11 is 0. The number of carbonyl (C=O) groups is 3. The molecule has 0 aliphatic carbocycles. The number of rotatable bonds is 43. The normalized spacial score (nSPS) is 13.2. The summed E-state index contributed by atoms with van der Waals surface area (Å²) in [6.45, 7) is 6.18. The number of ether oxygens (including phenoxy) is 3. The van der Waals surface area contributed by atoms with Gasteiger partial charge in [-0.05, 0) is 116 Å². The van der Waals surface area contributed by atoms with Gasteiger partial charge in [-0.15, -0.1) is 0 Å². The van der Waals surface area contributed by atoms with E-state index in [9.17, 15) is 14.4 Å². The summed E-state index contributed by atoms with van der Waals surface area (Å²) in [4.78, 5) is 38.0. The van der Waals surface area contributed by atoms with Gasteiger partial charge >= 0.3 is 17.9 Å². The zero-order valence-electron chi connectivity index (χ0n) is 40.7. The molecule has 0 spiro atoms. The van der Waals surface area contributed by atoms with Crippen LogP contribution in [0.5, 0.6) is 0 Å². The van der Waals surface area contributed by atoms with Crippen LogP contribution in [0.3, 0.4) is 0 Å². The van der Waals surface area contributed by atoms with Gasteiger partial charge in [0, 0.05) is 19.3 Å². The highest BCUT2D eigenvalue weighted by atomic mass is 16.6. The van der Waals surface area contributed by atoms with Crippen molar-refractivity contribution in [3.63, 3.8) is 0 Å². The maximum absolute atomic E-state index is 12.8. The van der Waals surface area contributed by atoms with Crippen LogP contribution in [0, 0.1) is 0 Å². The molecule has 0 aromatic heterocycles. The standard InChI is InChI=1S/C58H90O6/c1-4-7-10-13-16-19-22-25-27-28-29-30-31-34-36-39-42-45-48-51-57(60)63-54-55(53-62-56(59)50-47-44-41-38-35-32-24-21-18-15-12-9-6-3)64-58(61)52-49-46-43-40-37-33-26-23-20-17-14-11-8-5-2/h7-12,15-21,24-27,29-30,33-34,36,55H,4-6,13-14,22-23,28,31-32,35,37-54H2,1-3H3/b10-7+,11-8+,12-9+,18-15+,19-16+,20-17+,24-21+,27-25+,30-29+,33-26+,36-34+. The predicted molar refractivity (Wildman–Crippen MR) is 274 cm³/mol. The lowest BCUT2D eigenvalue weighted by Gasteiger charge is -2.18. The van der Waals surface area contributed by atoms with E-state index in [0.29, 0.717) is 12.8 Å². The second-order valence-electron chi connectivity index (χ2n) is 16.0. The quantitative estimate of drug-likeness (QED) is 0.0200. The Bertz CT molecular complexity index is 1430. The Kier molecular flexibility index (Phi) is 47.6. The van der Waals surface area contributed by atoms with Crippen molar-refractivity contribution < 1.29 is 28.6 Å². The first-order valence-electron chi connectivity index (χ1n) is 25.2. The van der Waals surface area contributed by atoms with E-state index < -0.39 is 6.10 Å². The molecule has 6 heteroatoms. The largest absolute Gasteiger partial charge is 0.462 e. The monoisotopic (exact) mass is 883 g/mol. The van der Waals surface area contributed by atoms with E-state index in [0.717, 1.165) is 154 Å². The molecule has 0 aliphatic rings. The fraction of sp³-hybridized carbons (Fsp3) is 0.569. The van der Waals surface area contributed by atoms with E-state index in [4.69, 9.17) is 14.2 Å². The number of carbonyl (C=O) groups excluding carboxylic acids is 3. The summed E-state index contributed by atoms with van der Waals surface area (Å²) in [5.41, 5.74) is 0. The van der Waals surface area contributed by atoms with Gasteiger partial charge in [0.05, 0.1) is 0 Å². The average molecular weight is 883 g/mol. The molecule has 0 amide bonds. The first kappa shape index (κ1) is 59.5. The third-order valence-corrected chi connectivity index (χ3v) is 9.94. The topological polar surface area (TPSA) is 78.9 Å². The van der Waals surface area contributed by atoms with Crippen molar-refractivity contribution in [2.24, 2.45) is 0 Å². The van der Waals surface area contributed by atoms with Gasteiger partial charge in [0.2, 0.25) is 0 Å². The predicted octanol–water partition coefficient (Wildman–Crippen LogP) is 16.7. The summed E-state index contributed by atoms with van der Waals surface area (Å²) in [5.74, 6) is -1.000. The Morgan fingerprint density at radius 1 is 0.328 bits per heavy atom. The van der Waals surface area contributed by atoms with Gasteiger partial charge < -0.3 is 14.2 Å². The second kappa shape index (κ2) is 51.2. The van der Waals surface area contributed by atoms with E-state index in [2.05, 4.69) is 148 Å². The van der Waals surface area contributed by atoms with E-state index >= 15 is 0 Å². The lowest BCUT2D eigenvalue weighted by Crippen LogP contribution is -2.30. The number of hydrogen-bond acceptors (Lipinski definition) is 6. The first-order chi connectivity index (χ1) is 31.5. The lowest BCUT2D eigenvalue weighted by molar-refractivity contribution is -0.167. The molecule has 6 nitrogen and oxygen atoms in total. The molecule has 0 bridgehead atoms. The van der Waals surface area contributed by atoms with Crippen LogP contribution >= 0.6 is 0 Å². The third-order valence-electron chi connectivity index (χ3n) is 9.94. The van der Waals surface area contributed by atoms with Crippen LogP contribution in [0.4, 0.5) is 0 Å². The molecule has 0 aromatic rings. The Balaban J connectivity index is 4.53. The molecule has 0 aromatic carbocycles. The summed E-state index contributed by atoms with van der Waals surface area (Å²) in [7, 11) is 0. The van der Waals surface area contributed by atoms with Crippen molar-refractivity contribution in [3.8, 4) is 0 Å². The summed E-state index contributed by atoms with van der Waals surface area (Å²) in [6, 6.07) is 0. The number of allylic oxidation sites excluding steroid dienone is 22. The zero-order chi connectivity index (χ0) is 46.5. The molecule has 0 radical (unpaired) electrons. The second-order valence-corrected chi connectivity index (χ2v) is 16.0. The van der Waals surface area contributed by atoms with Crippen molar-refractivity contribution in [2.45, 2.75) is 200 Å². The minimum Gasteiger partial charge on any atom is -0.462 e. The van der Waals surface area contributed by atoms with Gasteiger partial charge in [0.15, 0.2) is 6.10 Å². The lowest BCUT2D eigenvalue weighted by atomic mass is 10.1. The van der Waals surface area contributed by atoms with Crippen LogP contribution in [-0.4, -0.2) is 37.2 Å². The molecule has 1 unspecified atom stereocenters. The zero-order valence-corrected chi connectivity index (χ0v) is 40.7. The van der Waals surface area contributed by atoms with Gasteiger partial charge in [-0.3, -0.25) is 14.4 Å². The van der Waals surface area contributed by atoms with Gasteiger partial charge in [-0.1, -0.05) is 193 Å². The molecule has 0 saturated heterocycles. The first-order valence-corrected chi connectivity index (χ1v) is 25.2. The Labute approximate surface area is 392 Å².